The number of pyridine rings is 1. The van der Waals surface area contributed by atoms with Crippen molar-refractivity contribution in [3.63, 3.8) is 0 Å². The lowest BCUT2D eigenvalue weighted by atomic mass is 9.80. The Morgan fingerprint density at radius 1 is 0.909 bits per heavy atom. The summed E-state index contributed by atoms with van der Waals surface area (Å²) in [4.78, 5) is 58.8. The molecule has 12 nitrogen and oxygen atoms in total. The molecule has 3 amide bonds. The SMILES string of the molecule is C[C@@H]1NC(=O)[C@H](C2CCC2)OC(=O)C2(/C=C/c3ccc4ccc(nc4c3)[C@@H](C)NC(=O)[C@@H]3CCCN(N3)C1=O)COCOC2. The minimum absolute atomic E-state index is 0.0330. The van der Waals surface area contributed by atoms with E-state index in [-0.39, 0.29) is 43.8 Å². The van der Waals surface area contributed by atoms with Crippen molar-refractivity contribution in [2.24, 2.45) is 11.3 Å². The summed E-state index contributed by atoms with van der Waals surface area (Å²) in [6.07, 6.45) is 6.02. The van der Waals surface area contributed by atoms with Crippen LogP contribution in [0.25, 0.3) is 17.0 Å². The molecule has 4 atom stereocenters. The minimum atomic E-state index is -1.27. The highest BCUT2D eigenvalue weighted by atomic mass is 16.7. The average Bonchev–Trinajstić information content (AvgIpc) is 3.01. The van der Waals surface area contributed by atoms with Crippen LogP contribution in [0.15, 0.2) is 36.4 Å². The first kappa shape index (κ1) is 30.2. The van der Waals surface area contributed by atoms with Crippen LogP contribution in [0.2, 0.25) is 0 Å². The maximum Gasteiger partial charge on any atom is 0.321 e. The van der Waals surface area contributed by atoms with Crippen LogP contribution >= 0.6 is 0 Å². The lowest BCUT2D eigenvalue weighted by Gasteiger charge is -2.38. The third kappa shape index (κ3) is 6.19. The fraction of sp³-hybridized carbons (Fsp3) is 0.531. The molecule has 2 saturated heterocycles. The van der Waals surface area contributed by atoms with Crippen molar-refractivity contribution in [2.45, 2.75) is 70.2 Å². The number of benzene rings is 1. The lowest BCUT2D eigenvalue weighted by molar-refractivity contribution is -0.194. The number of cyclic esters (lactones) is 1. The van der Waals surface area contributed by atoms with Gasteiger partial charge < -0.3 is 24.8 Å². The predicted molar refractivity (Wildman–Crippen MR) is 159 cm³/mol. The number of esters is 1. The third-order valence-electron chi connectivity index (χ3n) is 9.00. The Labute approximate surface area is 255 Å². The van der Waals surface area contributed by atoms with Crippen molar-refractivity contribution in [1.29, 1.82) is 0 Å². The van der Waals surface area contributed by atoms with Crippen molar-refractivity contribution in [2.75, 3.05) is 26.6 Å². The number of carbonyl (C=O) groups excluding carboxylic acids is 4. The van der Waals surface area contributed by atoms with E-state index in [0.717, 1.165) is 35.7 Å². The summed E-state index contributed by atoms with van der Waals surface area (Å²) in [5, 5.41) is 8.11. The number of nitrogens with zero attached hydrogens (tertiary/aromatic N) is 2. The molecular formula is C32H39N5O7. The van der Waals surface area contributed by atoms with E-state index in [1.807, 2.05) is 37.3 Å². The number of aromatic nitrogens is 1. The van der Waals surface area contributed by atoms with Gasteiger partial charge in [-0.2, -0.15) is 0 Å². The van der Waals surface area contributed by atoms with Crippen LogP contribution in [-0.4, -0.2) is 78.4 Å². The molecule has 0 unspecified atom stereocenters. The topological polar surface area (TPSA) is 148 Å². The summed E-state index contributed by atoms with van der Waals surface area (Å²) in [5.41, 5.74) is 3.99. The number of nitrogens with one attached hydrogen (secondary N) is 3. The zero-order valence-corrected chi connectivity index (χ0v) is 25.0. The summed E-state index contributed by atoms with van der Waals surface area (Å²) in [5.74, 6) is -1.92. The molecule has 4 heterocycles. The molecule has 1 aliphatic carbocycles. The standard InChI is InChI=1S/C32H39N5O7/c1-19-24-11-10-22-9-8-21(15-26(22)35-24)12-13-32(16-42-18-43-17-32)31(41)44-27(23-5-3-6-23)29(39)34-20(2)30(40)37-14-4-7-25(36-37)28(38)33-19/h8-13,15,19-20,23,25,27,36H,3-7,14,16-18H2,1-2H3,(H,33,38)(H,34,39)/b13-12+/t19-,20+,25+,27+/m1/s1. The quantitative estimate of drug-likeness (QED) is 0.416. The zero-order valence-electron chi connectivity index (χ0n) is 25.0. The van der Waals surface area contributed by atoms with Gasteiger partial charge in [0.25, 0.3) is 11.8 Å². The van der Waals surface area contributed by atoms with Crippen molar-refractivity contribution in [3.8, 4) is 0 Å². The van der Waals surface area contributed by atoms with E-state index in [0.29, 0.717) is 25.1 Å². The van der Waals surface area contributed by atoms with Gasteiger partial charge in [0.15, 0.2) is 6.10 Å². The molecular weight excluding hydrogens is 566 g/mol. The van der Waals surface area contributed by atoms with E-state index < -0.39 is 35.5 Å². The van der Waals surface area contributed by atoms with Crippen molar-refractivity contribution in [1.82, 2.24) is 26.1 Å². The lowest BCUT2D eigenvalue weighted by Crippen LogP contribution is -2.61. The molecule has 6 rings (SSSR count). The number of hydrogen-bond acceptors (Lipinski definition) is 9. The molecule has 1 saturated carbocycles. The van der Waals surface area contributed by atoms with Gasteiger partial charge in [0.05, 0.1) is 30.5 Å². The van der Waals surface area contributed by atoms with Gasteiger partial charge in [-0.25, -0.2) is 5.43 Å². The van der Waals surface area contributed by atoms with Crippen LogP contribution in [0.3, 0.4) is 0 Å². The van der Waals surface area contributed by atoms with Crippen LogP contribution in [0, 0.1) is 11.3 Å². The first-order valence-corrected chi connectivity index (χ1v) is 15.4. The number of ether oxygens (including phenoxy) is 3. The van der Waals surface area contributed by atoms with E-state index in [4.69, 9.17) is 19.2 Å². The van der Waals surface area contributed by atoms with Crippen LogP contribution in [-0.2, 0) is 33.4 Å². The van der Waals surface area contributed by atoms with Crippen molar-refractivity contribution in [3.05, 3.63) is 47.7 Å². The second kappa shape index (κ2) is 12.6. The molecule has 1 aromatic heterocycles. The van der Waals surface area contributed by atoms with E-state index in [2.05, 4.69) is 16.1 Å². The monoisotopic (exact) mass is 605 g/mol. The molecule has 1 aromatic carbocycles. The smallest absolute Gasteiger partial charge is 0.321 e. The molecule has 3 fully saturated rings. The highest BCUT2D eigenvalue weighted by Crippen LogP contribution is 2.35. The highest BCUT2D eigenvalue weighted by molar-refractivity contribution is 5.92. The largest absolute Gasteiger partial charge is 0.451 e. The molecule has 2 aromatic rings. The van der Waals surface area contributed by atoms with Crippen LogP contribution in [0.1, 0.15) is 63.3 Å². The van der Waals surface area contributed by atoms with Gasteiger partial charge in [0, 0.05) is 17.8 Å². The fourth-order valence-electron chi connectivity index (χ4n) is 6.03. The van der Waals surface area contributed by atoms with Crippen LogP contribution < -0.4 is 16.1 Å². The van der Waals surface area contributed by atoms with Gasteiger partial charge in [-0.1, -0.05) is 36.8 Å². The van der Waals surface area contributed by atoms with Crippen molar-refractivity contribution >= 4 is 40.7 Å². The Morgan fingerprint density at radius 2 is 1.66 bits per heavy atom. The van der Waals surface area contributed by atoms with Gasteiger partial charge in [-0.15, -0.1) is 0 Å². The second-order valence-electron chi connectivity index (χ2n) is 12.3. The fourth-order valence-corrected chi connectivity index (χ4v) is 6.03. The molecule has 1 spiro atoms. The Bertz CT molecular complexity index is 1470. The van der Waals surface area contributed by atoms with Gasteiger partial charge in [-0.05, 0) is 57.2 Å². The molecule has 3 N–H and O–H groups in total. The first-order valence-electron chi connectivity index (χ1n) is 15.4. The minimum Gasteiger partial charge on any atom is -0.451 e. The van der Waals surface area contributed by atoms with E-state index in [1.165, 1.54) is 5.01 Å². The Morgan fingerprint density at radius 3 is 2.41 bits per heavy atom. The van der Waals surface area contributed by atoms with Crippen molar-refractivity contribution < 1.29 is 33.4 Å². The second-order valence-corrected chi connectivity index (χ2v) is 12.3. The summed E-state index contributed by atoms with van der Waals surface area (Å²) >= 11 is 0. The Kier molecular flexibility index (Phi) is 8.66. The average molecular weight is 606 g/mol. The normalized spacial score (nSPS) is 29.5. The maximum absolute atomic E-state index is 13.8. The number of amides is 3. The maximum atomic E-state index is 13.8. The van der Waals surface area contributed by atoms with E-state index >= 15 is 0 Å². The molecule has 0 radical (unpaired) electrons. The predicted octanol–water partition coefficient (Wildman–Crippen LogP) is 2.14. The highest BCUT2D eigenvalue weighted by Gasteiger charge is 2.45. The van der Waals surface area contributed by atoms with Gasteiger partial charge >= 0.3 is 5.97 Å². The molecule has 3 aliphatic heterocycles. The van der Waals surface area contributed by atoms with E-state index in [1.54, 1.807) is 19.1 Å². The summed E-state index contributed by atoms with van der Waals surface area (Å²) in [7, 11) is 0. The number of hydrogen-bond donors (Lipinski definition) is 3. The summed E-state index contributed by atoms with van der Waals surface area (Å²) < 4.78 is 17.1. The first-order chi connectivity index (χ1) is 21.2. The summed E-state index contributed by atoms with van der Waals surface area (Å²) in [6, 6.07) is 7.70. The number of hydrazine groups is 1. The number of fused-ring (bicyclic) bond motifs is 4. The van der Waals surface area contributed by atoms with Gasteiger partial charge in [-0.3, -0.25) is 29.2 Å². The molecule has 44 heavy (non-hydrogen) atoms. The molecule has 12 heteroatoms. The Balaban J connectivity index is 1.36. The molecule has 234 valence electrons. The van der Waals surface area contributed by atoms with Crippen LogP contribution in [0.5, 0.6) is 0 Å². The number of rotatable bonds is 1. The number of carbonyl (C=O) groups is 4. The third-order valence-corrected chi connectivity index (χ3v) is 9.00. The van der Waals surface area contributed by atoms with Gasteiger partial charge in [0.2, 0.25) is 5.91 Å². The van der Waals surface area contributed by atoms with E-state index in [9.17, 15) is 19.2 Å². The van der Waals surface area contributed by atoms with Crippen LogP contribution in [0.4, 0.5) is 0 Å². The van der Waals surface area contributed by atoms with Gasteiger partial charge in [0.1, 0.15) is 24.3 Å². The zero-order chi connectivity index (χ0) is 30.8. The molecule has 4 aliphatic rings. The Hall–Kier alpha value is -3.87. The summed E-state index contributed by atoms with van der Waals surface area (Å²) in [6.45, 7) is 3.97. The molecule has 5 bridgehead atoms.